The highest BCUT2D eigenvalue weighted by atomic mass is 16.6. The van der Waals surface area contributed by atoms with Crippen LogP contribution >= 0.6 is 0 Å². The Balaban J connectivity index is 2.53. The second kappa shape index (κ2) is 3.32. The van der Waals surface area contributed by atoms with Crippen LogP contribution in [0.4, 0.5) is 0 Å². The lowest BCUT2D eigenvalue weighted by molar-refractivity contribution is -0.152. The van der Waals surface area contributed by atoms with Crippen molar-refractivity contribution in [3.8, 4) is 0 Å². The van der Waals surface area contributed by atoms with Gasteiger partial charge in [0.25, 0.3) is 0 Å². The summed E-state index contributed by atoms with van der Waals surface area (Å²) in [5.74, 6) is -1.16. The molecule has 0 aromatic carbocycles. The molecule has 0 aromatic rings. The van der Waals surface area contributed by atoms with Gasteiger partial charge in [0.05, 0.1) is 12.3 Å². The molecule has 60 valence electrons. The maximum atomic E-state index is 10.8. The average Bonchev–Trinajstić information content (AvgIpc) is 2.26. The Hall–Kier alpha value is -1.12. The number of rotatable bonds is 2. The maximum Gasteiger partial charge on any atom is 0.321 e. The molecule has 3 heteroatoms. The Morgan fingerprint density at radius 1 is 1.64 bits per heavy atom. The van der Waals surface area contributed by atoms with E-state index in [1.54, 1.807) is 6.08 Å². The average molecular weight is 154 g/mol. The third-order valence-corrected chi connectivity index (χ3v) is 1.51. The molecule has 3 nitrogen and oxygen atoms in total. The van der Waals surface area contributed by atoms with Crippen LogP contribution in [0.15, 0.2) is 12.2 Å². The van der Waals surface area contributed by atoms with Crippen molar-refractivity contribution >= 4 is 11.9 Å². The summed E-state index contributed by atoms with van der Waals surface area (Å²) in [5.41, 5.74) is 0. The normalized spacial score (nSPS) is 24.6. The monoisotopic (exact) mass is 154 g/mol. The van der Waals surface area contributed by atoms with Crippen molar-refractivity contribution in [1.29, 1.82) is 0 Å². The summed E-state index contributed by atoms with van der Waals surface area (Å²) in [6.07, 6.45) is 4.67. The van der Waals surface area contributed by atoms with Gasteiger partial charge < -0.3 is 4.74 Å². The molecule has 1 fully saturated rings. The number of hydrogen-bond acceptors (Lipinski definition) is 3. The van der Waals surface area contributed by atoms with Gasteiger partial charge in [-0.1, -0.05) is 19.1 Å². The van der Waals surface area contributed by atoms with Crippen molar-refractivity contribution in [1.82, 2.24) is 0 Å². The molecule has 1 saturated heterocycles. The molecular formula is C8H10O3. The Morgan fingerprint density at radius 3 is 2.82 bits per heavy atom. The molecule has 1 heterocycles. The molecule has 0 aliphatic carbocycles. The fourth-order valence-electron chi connectivity index (χ4n) is 0.939. The first-order valence-corrected chi connectivity index (χ1v) is 3.65. The molecule has 1 atom stereocenters. The van der Waals surface area contributed by atoms with E-state index in [-0.39, 0.29) is 12.3 Å². The van der Waals surface area contributed by atoms with Crippen LogP contribution in [0.25, 0.3) is 0 Å². The quantitative estimate of drug-likeness (QED) is 0.339. The Morgan fingerprint density at radius 2 is 2.36 bits per heavy atom. The molecule has 1 unspecified atom stereocenters. The molecule has 1 rings (SSSR count). The highest BCUT2D eigenvalue weighted by molar-refractivity contribution is 5.95. The Kier molecular flexibility index (Phi) is 2.41. The minimum absolute atomic E-state index is 0.204. The van der Waals surface area contributed by atoms with Crippen molar-refractivity contribution in [2.75, 3.05) is 0 Å². The summed E-state index contributed by atoms with van der Waals surface area (Å²) in [7, 11) is 0. The van der Waals surface area contributed by atoms with Gasteiger partial charge in [-0.15, -0.1) is 0 Å². The Bertz CT molecular complexity index is 205. The van der Waals surface area contributed by atoms with Crippen LogP contribution in [0.5, 0.6) is 0 Å². The van der Waals surface area contributed by atoms with Crippen molar-refractivity contribution in [3.63, 3.8) is 0 Å². The largest absolute Gasteiger partial charge is 0.393 e. The highest BCUT2D eigenvalue weighted by Crippen LogP contribution is 2.16. The van der Waals surface area contributed by atoms with Crippen molar-refractivity contribution in [2.24, 2.45) is 5.92 Å². The summed E-state index contributed by atoms with van der Waals surface area (Å²) >= 11 is 0. The van der Waals surface area contributed by atoms with Crippen LogP contribution in [0.3, 0.4) is 0 Å². The van der Waals surface area contributed by atoms with Gasteiger partial charge in [0.15, 0.2) is 0 Å². The lowest BCUT2D eigenvalue weighted by Crippen LogP contribution is -2.03. The zero-order valence-corrected chi connectivity index (χ0v) is 6.37. The fourth-order valence-corrected chi connectivity index (χ4v) is 0.939. The second-order valence-electron chi connectivity index (χ2n) is 2.44. The van der Waals surface area contributed by atoms with E-state index in [1.807, 2.05) is 13.0 Å². The van der Waals surface area contributed by atoms with Gasteiger partial charge in [0, 0.05) is 0 Å². The van der Waals surface area contributed by atoms with Crippen LogP contribution in [0.1, 0.15) is 19.8 Å². The molecule has 1 aliphatic heterocycles. The first kappa shape index (κ1) is 7.98. The van der Waals surface area contributed by atoms with Crippen molar-refractivity contribution < 1.29 is 14.3 Å². The number of allylic oxidation sites excluding steroid dienone is 1. The van der Waals surface area contributed by atoms with E-state index < -0.39 is 11.9 Å². The summed E-state index contributed by atoms with van der Waals surface area (Å²) in [6, 6.07) is 0. The van der Waals surface area contributed by atoms with E-state index in [1.165, 1.54) is 0 Å². The molecule has 0 spiro atoms. The minimum atomic E-state index is -0.417. The van der Waals surface area contributed by atoms with E-state index in [0.717, 1.165) is 6.42 Å². The van der Waals surface area contributed by atoms with E-state index in [2.05, 4.69) is 4.74 Å². The summed E-state index contributed by atoms with van der Waals surface area (Å²) in [4.78, 5) is 21.3. The van der Waals surface area contributed by atoms with Crippen LogP contribution in [0.2, 0.25) is 0 Å². The highest BCUT2D eigenvalue weighted by Gasteiger charge is 2.30. The fraction of sp³-hybridized carbons (Fsp3) is 0.500. The van der Waals surface area contributed by atoms with E-state index in [9.17, 15) is 9.59 Å². The predicted octanol–water partition coefficient (Wildman–Crippen LogP) is 1.04. The molecule has 11 heavy (non-hydrogen) atoms. The number of carbonyl (C=O) groups excluding carboxylic acids is 2. The van der Waals surface area contributed by atoms with Gasteiger partial charge in [-0.3, -0.25) is 9.59 Å². The van der Waals surface area contributed by atoms with E-state index in [0.29, 0.717) is 0 Å². The lowest BCUT2D eigenvalue weighted by atomic mass is 10.1. The van der Waals surface area contributed by atoms with Gasteiger partial charge in [0.1, 0.15) is 0 Å². The zero-order chi connectivity index (χ0) is 8.27. The molecule has 0 saturated carbocycles. The molecule has 0 radical (unpaired) electrons. The van der Waals surface area contributed by atoms with E-state index in [4.69, 9.17) is 0 Å². The molecular weight excluding hydrogens is 144 g/mol. The van der Waals surface area contributed by atoms with Crippen LogP contribution in [-0.2, 0) is 14.3 Å². The first-order valence-electron chi connectivity index (χ1n) is 3.65. The predicted molar refractivity (Wildman–Crippen MR) is 38.6 cm³/mol. The number of hydrogen-bond donors (Lipinski definition) is 0. The third kappa shape index (κ3) is 1.90. The number of ether oxygens (including phenoxy) is 1. The molecule has 0 N–H and O–H groups in total. The number of cyclic esters (lactones) is 2. The van der Waals surface area contributed by atoms with Gasteiger partial charge in [-0.05, 0) is 6.42 Å². The summed E-state index contributed by atoms with van der Waals surface area (Å²) in [5, 5.41) is 0. The van der Waals surface area contributed by atoms with Gasteiger partial charge in [-0.2, -0.15) is 0 Å². The second-order valence-corrected chi connectivity index (χ2v) is 2.44. The van der Waals surface area contributed by atoms with Crippen molar-refractivity contribution in [2.45, 2.75) is 19.8 Å². The Labute approximate surface area is 65.0 Å². The maximum absolute atomic E-state index is 10.8. The number of esters is 2. The molecule has 0 bridgehead atoms. The number of carbonyl (C=O) groups is 2. The summed E-state index contributed by atoms with van der Waals surface area (Å²) < 4.78 is 4.34. The van der Waals surface area contributed by atoms with E-state index >= 15 is 0 Å². The topological polar surface area (TPSA) is 43.4 Å². The third-order valence-electron chi connectivity index (χ3n) is 1.51. The smallest absolute Gasteiger partial charge is 0.321 e. The van der Waals surface area contributed by atoms with Gasteiger partial charge in [0.2, 0.25) is 0 Å². The van der Waals surface area contributed by atoms with Crippen molar-refractivity contribution in [3.05, 3.63) is 12.2 Å². The van der Waals surface area contributed by atoms with Crippen LogP contribution in [0, 0.1) is 5.92 Å². The summed E-state index contributed by atoms with van der Waals surface area (Å²) in [6.45, 7) is 1.97. The molecule has 0 aromatic heterocycles. The van der Waals surface area contributed by atoms with Gasteiger partial charge >= 0.3 is 11.9 Å². The molecule has 1 aliphatic rings. The van der Waals surface area contributed by atoms with Crippen LogP contribution < -0.4 is 0 Å². The lowest BCUT2D eigenvalue weighted by Gasteiger charge is -1.92. The van der Waals surface area contributed by atoms with Gasteiger partial charge in [-0.25, -0.2) is 0 Å². The zero-order valence-electron chi connectivity index (χ0n) is 6.37. The van der Waals surface area contributed by atoms with Crippen LogP contribution in [-0.4, -0.2) is 11.9 Å². The minimum Gasteiger partial charge on any atom is -0.393 e. The first-order chi connectivity index (χ1) is 5.24. The standard InChI is InChI=1S/C8H10O3/c1-2-3-4-6-5-7(9)11-8(6)10/h3-4,6H,2,5H2,1H3/b4-3+. The SMILES string of the molecule is CC/C=C/C1CC(=O)OC1=O. The molecule has 0 amide bonds.